The predicted octanol–water partition coefficient (Wildman–Crippen LogP) is 2.77. The van der Waals surface area contributed by atoms with Crippen molar-refractivity contribution in [2.75, 3.05) is 4.72 Å². The van der Waals surface area contributed by atoms with Crippen LogP contribution in [0, 0.1) is 17.1 Å². The van der Waals surface area contributed by atoms with Gasteiger partial charge in [0.05, 0.1) is 10.9 Å². The molecule has 0 saturated heterocycles. The average Bonchev–Trinajstić information content (AvgIpc) is 2.40. The number of nitrogens with zero attached hydrogens (tertiary/aromatic N) is 1. The third-order valence-corrected chi connectivity index (χ3v) is 5.22. The number of nitrogens with one attached hydrogen (secondary N) is 1. The molecule has 0 heterocycles. The van der Waals surface area contributed by atoms with Crippen molar-refractivity contribution in [3.63, 3.8) is 0 Å². The number of benzene rings is 1. The predicted molar refractivity (Wildman–Crippen MR) is 70.5 cm³/mol. The van der Waals surface area contributed by atoms with E-state index in [0.29, 0.717) is 12.8 Å². The zero-order chi connectivity index (χ0) is 13.9. The van der Waals surface area contributed by atoms with Crippen molar-refractivity contribution in [2.24, 2.45) is 0 Å². The van der Waals surface area contributed by atoms with Crippen LogP contribution in [0.1, 0.15) is 37.7 Å². The Morgan fingerprint density at radius 1 is 1.26 bits per heavy atom. The average molecular weight is 282 g/mol. The largest absolute Gasteiger partial charge is 0.282 e. The quantitative estimate of drug-likeness (QED) is 0.926. The van der Waals surface area contributed by atoms with Crippen molar-refractivity contribution in [3.8, 4) is 6.07 Å². The Morgan fingerprint density at radius 3 is 2.58 bits per heavy atom. The summed E-state index contributed by atoms with van der Waals surface area (Å²) < 4.78 is 40.2. The normalized spacial score (nSPS) is 16.8. The molecular weight excluding hydrogens is 267 g/mol. The fourth-order valence-electron chi connectivity index (χ4n) is 2.33. The third-order valence-electron chi connectivity index (χ3n) is 3.37. The summed E-state index contributed by atoms with van der Waals surface area (Å²) in [6.07, 6.45) is 4.06. The molecule has 0 atom stereocenters. The lowest BCUT2D eigenvalue weighted by molar-refractivity contribution is 0.486. The summed E-state index contributed by atoms with van der Waals surface area (Å²) in [6.45, 7) is 0. The smallest absolute Gasteiger partial charge is 0.235 e. The molecule has 1 aliphatic rings. The maximum Gasteiger partial charge on any atom is 0.235 e. The fraction of sp³-hybridized carbons (Fsp3) is 0.462. The van der Waals surface area contributed by atoms with Crippen LogP contribution in [0.25, 0.3) is 0 Å². The number of rotatable bonds is 3. The highest BCUT2D eigenvalue weighted by molar-refractivity contribution is 7.93. The molecule has 1 aromatic carbocycles. The van der Waals surface area contributed by atoms with E-state index in [1.807, 2.05) is 0 Å². The van der Waals surface area contributed by atoms with Gasteiger partial charge in [0.15, 0.2) is 0 Å². The Labute approximate surface area is 112 Å². The molecule has 0 bridgehead atoms. The number of halogens is 1. The lowest BCUT2D eigenvalue weighted by atomic mass is 10.0. The molecule has 0 amide bonds. The Hall–Kier alpha value is -1.61. The second-order valence-corrected chi connectivity index (χ2v) is 6.64. The van der Waals surface area contributed by atoms with Crippen molar-refractivity contribution < 1.29 is 12.8 Å². The first-order valence-electron chi connectivity index (χ1n) is 6.25. The zero-order valence-electron chi connectivity index (χ0n) is 10.4. The lowest BCUT2D eigenvalue weighted by Crippen LogP contribution is -2.30. The first-order valence-corrected chi connectivity index (χ1v) is 7.79. The fourth-order valence-corrected chi connectivity index (χ4v) is 3.93. The van der Waals surface area contributed by atoms with Crippen LogP contribution >= 0.6 is 0 Å². The summed E-state index contributed by atoms with van der Waals surface area (Å²) in [7, 11) is -3.55. The number of hydrogen-bond acceptors (Lipinski definition) is 3. The van der Waals surface area contributed by atoms with Gasteiger partial charge in [-0.15, -0.1) is 0 Å². The first-order chi connectivity index (χ1) is 9.04. The minimum Gasteiger partial charge on any atom is -0.282 e. The van der Waals surface area contributed by atoms with Crippen molar-refractivity contribution in [2.45, 2.75) is 37.4 Å². The van der Waals surface area contributed by atoms with E-state index >= 15 is 0 Å². The van der Waals surface area contributed by atoms with Crippen molar-refractivity contribution in [3.05, 3.63) is 29.6 Å². The Morgan fingerprint density at radius 2 is 1.95 bits per heavy atom. The van der Waals surface area contributed by atoms with E-state index in [9.17, 15) is 12.8 Å². The van der Waals surface area contributed by atoms with Gasteiger partial charge in [0, 0.05) is 0 Å². The molecule has 1 N–H and O–H groups in total. The van der Waals surface area contributed by atoms with Gasteiger partial charge in [-0.1, -0.05) is 25.3 Å². The van der Waals surface area contributed by atoms with Crippen molar-refractivity contribution in [1.82, 2.24) is 0 Å². The van der Waals surface area contributed by atoms with Gasteiger partial charge in [-0.3, -0.25) is 4.72 Å². The summed E-state index contributed by atoms with van der Waals surface area (Å²) in [5.74, 6) is -0.716. The Bertz CT molecular complexity index is 602. The molecule has 0 unspecified atom stereocenters. The molecular formula is C13H15FN2O2S. The molecule has 1 aromatic rings. The summed E-state index contributed by atoms with van der Waals surface area (Å²) in [5.41, 5.74) is -0.241. The highest BCUT2D eigenvalue weighted by atomic mass is 32.2. The first kappa shape index (κ1) is 13.8. The van der Waals surface area contributed by atoms with Gasteiger partial charge >= 0.3 is 0 Å². The van der Waals surface area contributed by atoms with Gasteiger partial charge < -0.3 is 0 Å². The molecule has 0 aromatic heterocycles. The van der Waals surface area contributed by atoms with Crippen molar-refractivity contribution in [1.29, 1.82) is 5.26 Å². The molecule has 2 rings (SSSR count). The SMILES string of the molecule is N#Cc1c(F)cccc1NS(=O)(=O)C1CCCCC1. The summed E-state index contributed by atoms with van der Waals surface area (Å²) in [6, 6.07) is 5.61. The number of hydrogen-bond donors (Lipinski definition) is 1. The van der Waals surface area contributed by atoms with Crippen LogP contribution in [0.3, 0.4) is 0 Å². The van der Waals surface area contributed by atoms with Crippen LogP contribution in [-0.2, 0) is 10.0 Å². The van der Waals surface area contributed by atoms with E-state index in [1.54, 1.807) is 6.07 Å². The monoisotopic (exact) mass is 282 g/mol. The topological polar surface area (TPSA) is 70.0 Å². The van der Waals surface area contributed by atoms with Gasteiger partial charge in [0.25, 0.3) is 0 Å². The van der Waals surface area contributed by atoms with Crippen molar-refractivity contribution >= 4 is 15.7 Å². The molecule has 0 aliphatic heterocycles. The van der Waals surface area contributed by atoms with Gasteiger partial charge in [0.1, 0.15) is 17.4 Å². The summed E-state index contributed by atoms with van der Waals surface area (Å²) >= 11 is 0. The van der Waals surface area contributed by atoms with Gasteiger partial charge in [-0.25, -0.2) is 12.8 Å². The van der Waals surface area contributed by atoms with Gasteiger partial charge in [-0.05, 0) is 25.0 Å². The van der Waals surface area contributed by atoms with Crippen LogP contribution in [0.2, 0.25) is 0 Å². The second kappa shape index (κ2) is 5.57. The highest BCUT2D eigenvalue weighted by Crippen LogP contribution is 2.26. The van der Waals surface area contributed by atoms with E-state index in [-0.39, 0.29) is 11.3 Å². The van der Waals surface area contributed by atoms with E-state index in [0.717, 1.165) is 25.3 Å². The molecule has 0 spiro atoms. The van der Waals surface area contributed by atoms with Crippen LogP contribution < -0.4 is 4.72 Å². The minimum atomic E-state index is -3.55. The minimum absolute atomic E-state index is 0.0214. The molecule has 1 fully saturated rings. The Kier molecular flexibility index (Phi) is 4.05. The van der Waals surface area contributed by atoms with E-state index in [2.05, 4.69) is 4.72 Å². The van der Waals surface area contributed by atoms with Crippen LogP contribution in [0.15, 0.2) is 18.2 Å². The zero-order valence-corrected chi connectivity index (χ0v) is 11.2. The van der Waals surface area contributed by atoms with Crippen LogP contribution in [0.4, 0.5) is 10.1 Å². The molecule has 1 saturated carbocycles. The molecule has 4 nitrogen and oxygen atoms in total. The molecule has 102 valence electrons. The third kappa shape index (κ3) is 3.04. The molecule has 0 radical (unpaired) electrons. The van der Waals surface area contributed by atoms with Crippen LogP contribution in [-0.4, -0.2) is 13.7 Å². The lowest BCUT2D eigenvalue weighted by Gasteiger charge is -2.22. The molecule has 1 aliphatic carbocycles. The number of anilines is 1. The number of sulfonamides is 1. The van der Waals surface area contributed by atoms with Crippen LogP contribution in [0.5, 0.6) is 0 Å². The van der Waals surface area contributed by atoms with E-state index in [1.165, 1.54) is 12.1 Å². The van der Waals surface area contributed by atoms with Gasteiger partial charge in [0.2, 0.25) is 10.0 Å². The highest BCUT2D eigenvalue weighted by Gasteiger charge is 2.28. The summed E-state index contributed by atoms with van der Waals surface area (Å²) in [4.78, 5) is 0. The van der Waals surface area contributed by atoms with Gasteiger partial charge in [-0.2, -0.15) is 5.26 Å². The standard InChI is InChI=1S/C13H15FN2O2S/c14-12-7-4-8-13(11(12)9-15)16-19(17,18)10-5-2-1-3-6-10/h4,7-8,10,16H,1-3,5-6H2. The Balaban J connectivity index is 2.25. The summed E-state index contributed by atoms with van der Waals surface area (Å²) in [5, 5.41) is 8.43. The van der Waals surface area contributed by atoms with E-state index in [4.69, 9.17) is 5.26 Å². The van der Waals surface area contributed by atoms with E-state index < -0.39 is 21.1 Å². The second-order valence-electron chi connectivity index (χ2n) is 4.68. The molecule has 6 heteroatoms. The molecule has 19 heavy (non-hydrogen) atoms. The number of nitriles is 1. The maximum atomic E-state index is 13.4. The maximum absolute atomic E-state index is 13.4.